The quantitative estimate of drug-likeness (QED) is 0.223. The van der Waals surface area contributed by atoms with Gasteiger partial charge in [0.1, 0.15) is 0 Å². The molecule has 6 heteroatoms. The minimum absolute atomic E-state index is 0.447. The largest absolute Gasteiger partial charge is 0.340 e. The van der Waals surface area contributed by atoms with Crippen molar-refractivity contribution in [3.05, 3.63) is 65.9 Å². The Balaban J connectivity index is 1.71. The van der Waals surface area contributed by atoms with Crippen LogP contribution in [0.3, 0.4) is 0 Å². The van der Waals surface area contributed by atoms with E-state index in [1.165, 1.54) is 41.3 Å². The molecule has 0 aliphatic rings. The van der Waals surface area contributed by atoms with Crippen molar-refractivity contribution in [2.24, 2.45) is 0 Å². The Kier molecular flexibility index (Phi) is 7.42. The molecule has 3 aromatic rings. The summed E-state index contributed by atoms with van der Waals surface area (Å²) in [5, 5.41) is 1.28. The molecule has 0 saturated carbocycles. The van der Waals surface area contributed by atoms with Gasteiger partial charge in [-0.15, -0.1) is 11.8 Å². The van der Waals surface area contributed by atoms with Crippen molar-refractivity contribution in [2.75, 3.05) is 26.1 Å². The molecule has 0 amide bonds. The first-order valence-corrected chi connectivity index (χ1v) is 12.3. The highest BCUT2D eigenvalue weighted by Crippen LogP contribution is 2.47. The van der Waals surface area contributed by atoms with Gasteiger partial charge >= 0.3 is 7.60 Å². The summed E-state index contributed by atoms with van der Waals surface area (Å²) in [5.74, 6) is 0.883. The molecule has 2 aromatic carbocycles. The lowest BCUT2D eigenvalue weighted by molar-refractivity contribution is 0.276. The van der Waals surface area contributed by atoms with Gasteiger partial charge in [0.25, 0.3) is 0 Å². The predicted octanol–water partition coefficient (Wildman–Crippen LogP) is 6.22. The molecular weight excluding hydrogens is 389 g/mol. The van der Waals surface area contributed by atoms with Gasteiger partial charge in [-0.2, -0.15) is 0 Å². The molecule has 0 fully saturated rings. The van der Waals surface area contributed by atoms with E-state index in [9.17, 15) is 4.57 Å². The zero-order chi connectivity index (χ0) is 20.0. The first-order chi connectivity index (χ1) is 13.6. The number of hydrogen-bond donors (Lipinski definition) is 0. The summed E-state index contributed by atoms with van der Waals surface area (Å²) in [7, 11) is -0.0166. The van der Waals surface area contributed by atoms with Crippen LogP contribution in [0.1, 0.15) is 24.6 Å². The normalized spacial score (nSPS) is 12.0. The van der Waals surface area contributed by atoms with Gasteiger partial charge in [-0.1, -0.05) is 37.3 Å². The van der Waals surface area contributed by atoms with Crippen LogP contribution in [0.2, 0.25) is 0 Å². The van der Waals surface area contributed by atoms with Crippen molar-refractivity contribution >= 4 is 30.3 Å². The topological polar surface area (TPSA) is 40.5 Å². The van der Waals surface area contributed by atoms with E-state index in [0.29, 0.717) is 6.16 Å². The van der Waals surface area contributed by atoms with Crippen molar-refractivity contribution in [2.45, 2.75) is 31.2 Å². The van der Waals surface area contributed by atoms with E-state index in [1.54, 1.807) is 11.8 Å². The number of hydrogen-bond acceptors (Lipinski definition) is 4. The van der Waals surface area contributed by atoms with E-state index in [2.05, 4.69) is 66.1 Å². The zero-order valence-corrected chi connectivity index (χ0v) is 18.5. The van der Waals surface area contributed by atoms with Gasteiger partial charge in [-0.3, -0.25) is 4.57 Å². The molecule has 3 rings (SSSR count). The van der Waals surface area contributed by atoms with Crippen LogP contribution in [0.15, 0.2) is 59.5 Å². The average molecular weight is 418 g/mol. The van der Waals surface area contributed by atoms with E-state index in [1.807, 2.05) is 0 Å². The molecule has 1 heterocycles. The number of fused-ring (bicyclic) bond motifs is 1. The Bertz CT molecular complexity index is 947. The summed E-state index contributed by atoms with van der Waals surface area (Å²) in [6.45, 7) is 3.10. The third-order valence-corrected chi connectivity index (χ3v) is 7.96. The lowest BCUT2D eigenvalue weighted by Gasteiger charge is -2.13. The third kappa shape index (κ3) is 5.09. The molecule has 0 radical (unpaired) electrons. The molecule has 1 aromatic heterocycles. The Morgan fingerprint density at radius 2 is 1.79 bits per heavy atom. The fraction of sp³-hybridized carbons (Fsp3) is 0.364. The van der Waals surface area contributed by atoms with Crippen LogP contribution in [0.25, 0.3) is 10.9 Å². The highest BCUT2D eigenvalue weighted by atomic mass is 32.2. The standard InChI is InChI=1S/C22H28NO3PS/c1-4-20-15-19-16-21(28-14-8-13-27(24,25-2)26-3)11-12-22(19)23(20)17-18-9-6-5-7-10-18/h5-7,9-12,15-16H,4,8,13-14,17H2,1-3H3. The molecule has 0 aliphatic heterocycles. The van der Waals surface area contributed by atoms with Crippen molar-refractivity contribution < 1.29 is 13.6 Å². The number of aromatic nitrogens is 1. The molecule has 4 nitrogen and oxygen atoms in total. The second kappa shape index (κ2) is 9.80. The molecule has 0 bridgehead atoms. The maximum absolute atomic E-state index is 12.1. The van der Waals surface area contributed by atoms with Crippen LogP contribution in [-0.2, 0) is 26.6 Å². The Hall–Kier alpha value is -1.52. The minimum Gasteiger partial charge on any atom is -0.340 e. The molecule has 0 saturated heterocycles. The molecule has 0 spiro atoms. The van der Waals surface area contributed by atoms with Crippen molar-refractivity contribution in [3.63, 3.8) is 0 Å². The van der Waals surface area contributed by atoms with Gasteiger partial charge < -0.3 is 13.6 Å². The fourth-order valence-electron chi connectivity index (χ4n) is 3.35. The van der Waals surface area contributed by atoms with Crippen molar-refractivity contribution in [3.8, 4) is 0 Å². The molecular formula is C22H28NO3PS. The van der Waals surface area contributed by atoms with Gasteiger partial charge in [0.05, 0.1) is 6.16 Å². The van der Waals surface area contributed by atoms with Gasteiger partial charge in [-0.05, 0) is 48.4 Å². The summed E-state index contributed by atoms with van der Waals surface area (Å²) >= 11 is 1.78. The molecule has 0 unspecified atom stereocenters. The summed E-state index contributed by atoms with van der Waals surface area (Å²) in [6.07, 6.45) is 2.24. The summed E-state index contributed by atoms with van der Waals surface area (Å²) in [5.41, 5.74) is 3.93. The lowest BCUT2D eigenvalue weighted by atomic mass is 10.2. The van der Waals surface area contributed by atoms with Crippen LogP contribution in [0, 0.1) is 0 Å². The molecule has 150 valence electrons. The van der Waals surface area contributed by atoms with Gasteiger partial charge in [0.15, 0.2) is 0 Å². The maximum Gasteiger partial charge on any atom is 0.330 e. The molecule has 0 N–H and O–H groups in total. The average Bonchev–Trinajstić information content (AvgIpc) is 3.08. The van der Waals surface area contributed by atoms with Crippen LogP contribution in [-0.4, -0.2) is 30.7 Å². The van der Waals surface area contributed by atoms with Gasteiger partial charge in [0, 0.05) is 42.3 Å². The maximum atomic E-state index is 12.1. The SMILES string of the molecule is CCc1cc2cc(SCCCP(=O)(OC)OC)ccc2n1Cc1ccccc1. The van der Waals surface area contributed by atoms with Gasteiger partial charge in [0.2, 0.25) is 0 Å². The summed E-state index contributed by atoms with van der Waals surface area (Å²) < 4.78 is 24.5. The van der Waals surface area contributed by atoms with Crippen LogP contribution < -0.4 is 0 Å². The molecule has 0 atom stereocenters. The van der Waals surface area contributed by atoms with E-state index < -0.39 is 7.60 Å². The van der Waals surface area contributed by atoms with Crippen molar-refractivity contribution in [1.29, 1.82) is 0 Å². The van der Waals surface area contributed by atoms with E-state index in [-0.39, 0.29) is 0 Å². The lowest BCUT2D eigenvalue weighted by Crippen LogP contribution is -2.03. The molecule has 28 heavy (non-hydrogen) atoms. The number of nitrogens with zero attached hydrogens (tertiary/aromatic N) is 1. The Morgan fingerprint density at radius 3 is 2.46 bits per heavy atom. The first kappa shape index (κ1) is 21.2. The van der Waals surface area contributed by atoms with Crippen LogP contribution in [0.5, 0.6) is 0 Å². The number of aryl methyl sites for hydroxylation is 1. The number of benzene rings is 2. The van der Waals surface area contributed by atoms with Crippen LogP contribution >= 0.6 is 19.4 Å². The first-order valence-electron chi connectivity index (χ1n) is 9.58. The number of rotatable bonds is 10. The monoisotopic (exact) mass is 417 g/mol. The zero-order valence-electron chi connectivity index (χ0n) is 16.8. The third-order valence-electron chi connectivity index (χ3n) is 4.91. The highest BCUT2D eigenvalue weighted by Gasteiger charge is 2.19. The Labute approximate surface area is 171 Å². The second-order valence-corrected chi connectivity index (χ2v) is 10.3. The number of thioether (sulfide) groups is 1. The van der Waals surface area contributed by atoms with Crippen LogP contribution in [0.4, 0.5) is 0 Å². The smallest absolute Gasteiger partial charge is 0.330 e. The fourth-order valence-corrected chi connectivity index (χ4v) is 5.52. The summed E-state index contributed by atoms with van der Waals surface area (Å²) in [6, 6.07) is 19.5. The minimum atomic E-state index is -2.90. The van der Waals surface area contributed by atoms with Gasteiger partial charge in [-0.25, -0.2) is 0 Å². The van der Waals surface area contributed by atoms with E-state index in [0.717, 1.165) is 25.1 Å². The predicted molar refractivity (Wildman–Crippen MR) is 119 cm³/mol. The second-order valence-electron chi connectivity index (χ2n) is 6.68. The van der Waals surface area contributed by atoms with Crippen molar-refractivity contribution in [1.82, 2.24) is 4.57 Å². The Morgan fingerprint density at radius 1 is 1.04 bits per heavy atom. The highest BCUT2D eigenvalue weighted by molar-refractivity contribution is 7.99. The van der Waals surface area contributed by atoms with E-state index >= 15 is 0 Å². The van der Waals surface area contributed by atoms with E-state index in [4.69, 9.17) is 9.05 Å². The summed E-state index contributed by atoms with van der Waals surface area (Å²) in [4.78, 5) is 1.23. The molecule has 0 aliphatic carbocycles.